The number of carbonyl (C=O) groups is 1. The predicted octanol–water partition coefficient (Wildman–Crippen LogP) is 3.78. The second-order valence-corrected chi connectivity index (χ2v) is 5.98. The molecule has 1 aliphatic rings. The summed E-state index contributed by atoms with van der Waals surface area (Å²) in [5.74, 6) is 0.543. The third-order valence-corrected chi connectivity index (χ3v) is 4.65. The molecule has 0 atom stereocenters. The van der Waals surface area contributed by atoms with Gasteiger partial charge in [-0.1, -0.05) is 12.1 Å². The minimum atomic E-state index is 0.124. The SMILES string of the molecule is O=C(c1cccc(-c2nc(CCl)cs2)c1)N1CCCC1. The van der Waals surface area contributed by atoms with Crippen LogP contribution in [0.1, 0.15) is 28.9 Å². The number of likely N-dealkylation sites (tertiary alicyclic amines) is 1. The first-order valence-electron chi connectivity index (χ1n) is 6.68. The number of alkyl halides is 1. The van der Waals surface area contributed by atoms with Crippen LogP contribution < -0.4 is 0 Å². The van der Waals surface area contributed by atoms with Crippen molar-refractivity contribution in [3.05, 3.63) is 40.9 Å². The first-order valence-corrected chi connectivity index (χ1v) is 8.09. The van der Waals surface area contributed by atoms with E-state index < -0.39 is 0 Å². The van der Waals surface area contributed by atoms with Crippen molar-refractivity contribution in [1.82, 2.24) is 9.88 Å². The van der Waals surface area contributed by atoms with E-state index in [4.69, 9.17) is 11.6 Å². The fraction of sp³-hybridized carbons (Fsp3) is 0.333. The number of halogens is 1. The summed E-state index contributed by atoms with van der Waals surface area (Å²) in [6.07, 6.45) is 2.22. The normalized spacial score (nSPS) is 14.8. The summed E-state index contributed by atoms with van der Waals surface area (Å²) in [7, 11) is 0. The Labute approximate surface area is 127 Å². The van der Waals surface area contributed by atoms with Crippen LogP contribution >= 0.6 is 22.9 Å². The van der Waals surface area contributed by atoms with Crippen LogP contribution in [0.4, 0.5) is 0 Å². The number of thiazole rings is 1. The Morgan fingerprint density at radius 1 is 1.35 bits per heavy atom. The van der Waals surface area contributed by atoms with Gasteiger partial charge >= 0.3 is 0 Å². The average Bonchev–Trinajstić information content (AvgIpc) is 3.17. The van der Waals surface area contributed by atoms with Crippen molar-refractivity contribution in [2.75, 3.05) is 13.1 Å². The number of aromatic nitrogens is 1. The lowest BCUT2D eigenvalue weighted by atomic mass is 10.1. The van der Waals surface area contributed by atoms with Crippen LogP contribution in [-0.2, 0) is 5.88 Å². The van der Waals surface area contributed by atoms with E-state index in [-0.39, 0.29) is 5.91 Å². The minimum absolute atomic E-state index is 0.124. The van der Waals surface area contributed by atoms with Crippen molar-refractivity contribution in [3.63, 3.8) is 0 Å². The molecule has 0 N–H and O–H groups in total. The van der Waals surface area contributed by atoms with Crippen molar-refractivity contribution in [2.24, 2.45) is 0 Å². The van der Waals surface area contributed by atoms with Gasteiger partial charge in [0.15, 0.2) is 0 Å². The summed E-state index contributed by atoms with van der Waals surface area (Å²) >= 11 is 7.34. The maximum absolute atomic E-state index is 12.4. The summed E-state index contributed by atoms with van der Waals surface area (Å²) in [5, 5.41) is 2.87. The minimum Gasteiger partial charge on any atom is -0.339 e. The third-order valence-electron chi connectivity index (χ3n) is 3.44. The van der Waals surface area contributed by atoms with Gasteiger partial charge in [-0.05, 0) is 25.0 Å². The van der Waals surface area contributed by atoms with Gasteiger partial charge in [0.05, 0.1) is 11.6 Å². The zero-order valence-electron chi connectivity index (χ0n) is 11.0. The summed E-state index contributed by atoms with van der Waals surface area (Å²) in [6.45, 7) is 1.74. The Hall–Kier alpha value is -1.39. The molecule has 5 heteroatoms. The highest BCUT2D eigenvalue weighted by atomic mass is 35.5. The number of nitrogens with zero attached hydrogens (tertiary/aromatic N) is 2. The van der Waals surface area contributed by atoms with E-state index in [0.717, 1.165) is 47.8 Å². The van der Waals surface area contributed by atoms with Gasteiger partial charge in [0.25, 0.3) is 5.91 Å². The van der Waals surface area contributed by atoms with Gasteiger partial charge in [0.1, 0.15) is 5.01 Å². The average molecular weight is 307 g/mol. The Bertz CT molecular complexity index is 620. The molecule has 2 aromatic rings. The van der Waals surface area contributed by atoms with Crippen LogP contribution in [0.5, 0.6) is 0 Å². The van der Waals surface area contributed by atoms with E-state index in [9.17, 15) is 4.79 Å². The first-order chi connectivity index (χ1) is 9.78. The first kappa shape index (κ1) is 13.6. The summed E-state index contributed by atoms with van der Waals surface area (Å²) in [6, 6.07) is 7.70. The number of hydrogen-bond donors (Lipinski definition) is 0. The molecule has 0 unspecified atom stereocenters. The largest absolute Gasteiger partial charge is 0.339 e. The smallest absolute Gasteiger partial charge is 0.253 e. The Balaban J connectivity index is 1.87. The van der Waals surface area contributed by atoms with Crippen LogP contribution in [0.2, 0.25) is 0 Å². The molecule has 0 spiro atoms. The molecule has 1 fully saturated rings. The number of carbonyl (C=O) groups excluding carboxylic acids is 1. The van der Waals surface area contributed by atoms with Crippen LogP contribution in [0.15, 0.2) is 29.6 Å². The predicted molar refractivity (Wildman–Crippen MR) is 82.2 cm³/mol. The Morgan fingerprint density at radius 3 is 2.85 bits per heavy atom. The van der Waals surface area contributed by atoms with Crippen molar-refractivity contribution >= 4 is 28.8 Å². The third kappa shape index (κ3) is 2.72. The van der Waals surface area contributed by atoms with Gasteiger partial charge in [-0.3, -0.25) is 4.79 Å². The quantitative estimate of drug-likeness (QED) is 0.808. The van der Waals surface area contributed by atoms with E-state index in [1.54, 1.807) is 11.3 Å². The lowest BCUT2D eigenvalue weighted by Crippen LogP contribution is -2.27. The molecule has 20 heavy (non-hydrogen) atoms. The highest BCUT2D eigenvalue weighted by molar-refractivity contribution is 7.13. The van der Waals surface area contributed by atoms with Crippen molar-refractivity contribution in [3.8, 4) is 10.6 Å². The molecule has 3 nitrogen and oxygen atoms in total. The monoisotopic (exact) mass is 306 g/mol. The van der Waals surface area contributed by atoms with Crippen LogP contribution in [0.3, 0.4) is 0 Å². The molecule has 0 saturated carbocycles. The molecule has 1 aliphatic heterocycles. The van der Waals surface area contributed by atoms with Gasteiger partial charge in [-0.2, -0.15) is 0 Å². The van der Waals surface area contributed by atoms with E-state index in [0.29, 0.717) is 5.88 Å². The maximum atomic E-state index is 12.4. The van der Waals surface area contributed by atoms with Crippen LogP contribution in [0, 0.1) is 0 Å². The second kappa shape index (κ2) is 5.94. The second-order valence-electron chi connectivity index (χ2n) is 4.86. The fourth-order valence-electron chi connectivity index (χ4n) is 2.39. The van der Waals surface area contributed by atoms with E-state index in [1.807, 2.05) is 34.5 Å². The molecule has 1 saturated heterocycles. The number of amides is 1. The standard InChI is InChI=1S/C15H15ClN2OS/c16-9-13-10-20-14(17-13)11-4-3-5-12(8-11)15(19)18-6-1-2-7-18/h3-5,8,10H,1-2,6-7,9H2. The Morgan fingerprint density at radius 2 is 2.15 bits per heavy atom. The molecular formula is C15H15ClN2OS. The van der Waals surface area contributed by atoms with Crippen LogP contribution in [0.25, 0.3) is 10.6 Å². The lowest BCUT2D eigenvalue weighted by molar-refractivity contribution is 0.0793. The zero-order chi connectivity index (χ0) is 13.9. The molecule has 0 radical (unpaired) electrons. The van der Waals surface area contributed by atoms with E-state index in [1.165, 1.54) is 0 Å². The highest BCUT2D eigenvalue weighted by Gasteiger charge is 2.19. The van der Waals surface area contributed by atoms with Gasteiger partial charge in [-0.15, -0.1) is 22.9 Å². The molecule has 0 aliphatic carbocycles. The van der Waals surface area contributed by atoms with Crippen LogP contribution in [-0.4, -0.2) is 28.9 Å². The van der Waals surface area contributed by atoms with E-state index in [2.05, 4.69) is 4.98 Å². The summed E-state index contributed by atoms with van der Waals surface area (Å²) in [5.41, 5.74) is 2.60. The molecule has 3 rings (SSSR count). The van der Waals surface area contributed by atoms with Gasteiger partial charge in [0, 0.05) is 29.6 Å². The number of rotatable bonds is 3. The van der Waals surface area contributed by atoms with Gasteiger partial charge < -0.3 is 4.90 Å². The molecule has 104 valence electrons. The molecule has 1 amide bonds. The molecule has 1 aromatic carbocycles. The van der Waals surface area contributed by atoms with E-state index >= 15 is 0 Å². The highest BCUT2D eigenvalue weighted by Crippen LogP contribution is 2.26. The van der Waals surface area contributed by atoms with Crippen molar-refractivity contribution in [2.45, 2.75) is 18.7 Å². The van der Waals surface area contributed by atoms with Gasteiger partial charge in [0.2, 0.25) is 0 Å². The summed E-state index contributed by atoms with van der Waals surface area (Å²) in [4.78, 5) is 18.8. The number of benzene rings is 1. The fourth-order valence-corrected chi connectivity index (χ4v) is 3.43. The zero-order valence-corrected chi connectivity index (χ0v) is 12.6. The van der Waals surface area contributed by atoms with Crippen molar-refractivity contribution in [1.29, 1.82) is 0 Å². The molecule has 1 aromatic heterocycles. The summed E-state index contributed by atoms with van der Waals surface area (Å²) < 4.78 is 0. The van der Waals surface area contributed by atoms with Crippen molar-refractivity contribution < 1.29 is 4.79 Å². The lowest BCUT2D eigenvalue weighted by Gasteiger charge is -2.15. The maximum Gasteiger partial charge on any atom is 0.253 e. The topological polar surface area (TPSA) is 33.2 Å². The Kier molecular flexibility index (Phi) is 4.03. The molecule has 0 bridgehead atoms. The number of hydrogen-bond acceptors (Lipinski definition) is 3. The van der Waals surface area contributed by atoms with Gasteiger partial charge in [-0.25, -0.2) is 4.98 Å². The molecule has 2 heterocycles. The molecular weight excluding hydrogens is 292 g/mol.